The average Bonchev–Trinajstić information content (AvgIpc) is 1.89. The lowest BCUT2D eigenvalue weighted by atomic mass is 10.5. The molecule has 0 aliphatic carbocycles. The molecule has 0 heterocycles. The van der Waals surface area contributed by atoms with E-state index in [1.165, 1.54) is 23.1 Å². The summed E-state index contributed by atoms with van der Waals surface area (Å²) in [6.07, 6.45) is 3.45. The van der Waals surface area contributed by atoms with Gasteiger partial charge in [0.1, 0.15) is 0 Å². The molecule has 56 valence electrons. The maximum Gasteiger partial charge on any atom is 0.0121 e. The van der Waals surface area contributed by atoms with Crippen LogP contribution in [0.1, 0.15) is 6.42 Å². The van der Waals surface area contributed by atoms with E-state index in [9.17, 15) is 0 Å². The second-order valence-electron chi connectivity index (χ2n) is 1.79. The fourth-order valence-electron chi connectivity index (χ4n) is 0.533. The Morgan fingerprint density at radius 3 is 2.78 bits per heavy atom. The van der Waals surface area contributed by atoms with Crippen molar-refractivity contribution in [2.24, 2.45) is 0 Å². The summed E-state index contributed by atoms with van der Waals surface area (Å²) in [5, 5.41) is 3.35. The molecule has 0 aromatic carbocycles. The topological polar surface area (TPSA) is 12.0 Å². The van der Waals surface area contributed by atoms with Crippen LogP contribution in [-0.4, -0.2) is 29.5 Å². The molecule has 0 bridgehead atoms. The van der Waals surface area contributed by atoms with Gasteiger partial charge in [-0.25, -0.2) is 0 Å². The number of thioether (sulfide) groups is 1. The Hall–Kier alpha value is 1.04. The zero-order valence-electron chi connectivity index (χ0n) is 5.82. The average molecular weight is 259 g/mol. The highest BCUT2D eigenvalue weighted by Gasteiger charge is 1.84. The first-order valence-corrected chi connectivity index (χ1v) is 6.09. The SMILES string of the molecule is CSCCCNCCI. The molecule has 0 aromatic heterocycles. The normalized spacial score (nSPS) is 10.0. The molecular weight excluding hydrogens is 245 g/mol. The van der Waals surface area contributed by atoms with Crippen molar-refractivity contribution in [1.82, 2.24) is 5.32 Å². The third-order valence-corrected chi connectivity index (χ3v) is 2.21. The monoisotopic (exact) mass is 259 g/mol. The van der Waals surface area contributed by atoms with E-state index in [2.05, 4.69) is 34.2 Å². The summed E-state index contributed by atoms with van der Waals surface area (Å²) in [5.74, 6) is 1.29. The molecule has 0 spiro atoms. The van der Waals surface area contributed by atoms with Gasteiger partial charge in [0, 0.05) is 11.0 Å². The summed E-state index contributed by atoms with van der Waals surface area (Å²) in [5.41, 5.74) is 0. The molecule has 1 nitrogen and oxygen atoms in total. The Kier molecular flexibility index (Phi) is 10.1. The van der Waals surface area contributed by atoms with Crippen molar-refractivity contribution < 1.29 is 0 Å². The minimum Gasteiger partial charge on any atom is -0.316 e. The number of rotatable bonds is 6. The number of halogens is 1. The predicted molar refractivity (Wildman–Crippen MR) is 54.8 cm³/mol. The van der Waals surface area contributed by atoms with E-state index in [1.54, 1.807) is 0 Å². The maximum atomic E-state index is 3.35. The second kappa shape index (κ2) is 9.04. The van der Waals surface area contributed by atoms with Crippen LogP contribution in [0.2, 0.25) is 0 Å². The van der Waals surface area contributed by atoms with Crippen molar-refractivity contribution in [2.75, 3.05) is 29.5 Å². The van der Waals surface area contributed by atoms with Crippen molar-refractivity contribution in [3.8, 4) is 0 Å². The number of hydrogen-bond acceptors (Lipinski definition) is 2. The molecule has 0 saturated carbocycles. The van der Waals surface area contributed by atoms with Gasteiger partial charge in [-0.1, -0.05) is 22.6 Å². The highest BCUT2D eigenvalue weighted by molar-refractivity contribution is 14.1. The van der Waals surface area contributed by atoms with Gasteiger partial charge in [0.05, 0.1) is 0 Å². The number of alkyl halides is 1. The summed E-state index contributed by atoms with van der Waals surface area (Å²) in [4.78, 5) is 0. The van der Waals surface area contributed by atoms with E-state index in [-0.39, 0.29) is 0 Å². The quantitative estimate of drug-likeness (QED) is 0.443. The first kappa shape index (κ1) is 10.0. The lowest BCUT2D eigenvalue weighted by molar-refractivity contribution is 0.715. The summed E-state index contributed by atoms with van der Waals surface area (Å²) < 4.78 is 1.22. The van der Waals surface area contributed by atoms with Gasteiger partial charge in [-0.3, -0.25) is 0 Å². The lowest BCUT2D eigenvalue weighted by Crippen LogP contribution is -2.17. The van der Waals surface area contributed by atoms with Gasteiger partial charge in [0.15, 0.2) is 0 Å². The fourth-order valence-corrected chi connectivity index (χ4v) is 1.35. The van der Waals surface area contributed by atoms with Crippen LogP contribution < -0.4 is 5.32 Å². The smallest absolute Gasteiger partial charge is 0.0121 e. The van der Waals surface area contributed by atoms with Crippen molar-refractivity contribution in [2.45, 2.75) is 6.42 Å². The Morgan fingerprint density at radius 2 is 2.22 bits per heavy atom. The van der Waals surface area contributed by atoms with E-state index < -0.39 is 0 Å². The van der Waals surface area contributed by atoms with Crippen molar-refractivity contribution in [3.05, 3.63) is 0 Å². The molecular formula is C6H14INS. The molecule has 0 amide bonds. The largest absolute Gasteiger partial charge is 0.316 e. The Morgan fingerprint density at radius 1 is 1.44 bits per heavy atom. The summed E-state index contributed by atoms with van der Waals surface area (Å²) >= 11 is 4.30. The highest BCUT2D eigenvalue weighted by atomic mass is 127. The zero-order chi connectivity index (χ0) is 6.95. The third-order valence-electron chi connectivity index (χ3n) is 0.973. The molecule has 0 aliphatic rings. The standard InChI is InChI=1S/C6H14INS/c1-9-6-2-4-8-5-3-7/h8H,2-6H2,1H3. The Bertz CT molecular complexity index is 46.3. The highest BCUT2D eigenvalue weighted by Crippen LogP contribution is 1.92. The molecule has 9 heavy (non-hydrogen) atoms. The van der Waals surface area contributed by atoms with Crippen LogP contribution in [0.15, 0.2) is 0 Å². The molecule has 0 unspecified atom stereocenters. The van der Waals surface area contributed by atoms with Gasteiger partial charge in [-0.05, 0) is 25.0 Å². The fraction of sp³-hybridized carbons (Fsp3) is 1.00. The Balaban J connectivity index is 2.60. The number of hydrogen-bond donors (Lipinski definition) is 1. The van der Waals surface area contributed by atoms with Gasteiger partial charge in [0.2, 0.25) is 0 Å². The summed E-state index contributed by atoms with van der Waals surface area (Å²) in [6, 6.07) is 0. The van der Waals surface area contributed by atoms with Crippen LogP contribution in [0.4, 0.5) is 0 Å². The van der Waals surface area contributed by atoms with Crippen LogP contribution >= 0.6 is 34.4 Å². The Labute approximate surface area is 75.5 Å². The van der Waals surface area contributed by atoms with Crippen LogP contribution in [0, 0.1) is 0 Å². The molecule has 0 rings (SSSR count). The van der Waals surface area contributed by atoms with Crippen molar-refractivity contribution in [1.29, 1.82) is 0 Å². The van der Waals surface area contributed by atoms with Crippen LogP contribution in [-0.2, 0) is 0 Å². The first-order valence-electron chi connectivity index (χ1n) is 3.17. The summed E-state index contributed by atoms with van der Waals surface area (Å²) in [7, 11) is 0. The van der Waals surface area contributed by atoms with E-state index in [0.717, 1.165) is 6.54 Å². The maximum absolute atomic E-state index is 3.35. The van der Waals surface area contributed by atoms with Crippen LogP contribution in [0.3, 0.4) is 0 Å². The molecule has 3 heteroatoms. The molecule has 0 saturated heterocycles. The third kappa shape index (κ3) is 9.04. The van der Waals surface area contributed by atoms with Gasteiger partial charge in [-0.2, -0.15) is 11.8 Å². The van der Waals surface area contributed by atoms with Crippen LogP contribution in [0.5, 0.6) is 0 Å². The van der Waals surface area contributed by atoms with Crippen molar-refractivity contribution in [3.63, 3.8) is 0 Å². The van der Waals surface area contributed by atoms with Crippen LogP contribution in [0.25, 0.3) is 0 Å². The molecule has 1 N–H and O–H groups in total. The zero-order valence-corrected chi connectivity index (χ0v) is 8.80. The van der Waals surface area contributed by atoms with E-state index in [4.69, 9.17) is 0 Å². The van der Waals surface area contributed by atoms with Crippen molar-refractivity contribution >= 4 is 34.4 Å². The van der Waals surface area contributed by atoms with E-state index >= 15 is 0 Å². The summed E-state index contributed by atoms with van der Waals surface area (Å²) in [6.45, 7) is 2.35. The first-order chi connectivity index (χ1) is 4.41. The molecule has 0 aromatic rings. The molecule has 0 atom stereocenters. The van der Waals surface area contributed by atoms with E-state index in [0.29, 0.717) is 0 Å². The predicted octanol–water partition coefficient (Wildman–Crippen LogP) is 1.76. The van der Waals surface area contributed by atoms with Gasteiger partial charge in [-0.15, -0.1) is 0 Å². The van der Waals surface area contributed by atoms with Gasteiger partial charge < -0.3 is 5.32 Å². The van der Waals surface area contributed by atoms with E-state index in [1.807, 2.05) is 11.8 Å². The minimum atomic E-state index is 1.16. The molecule has 0 radical (unpaired) electrons. The second-order valence-corrected chi connectivity index (χ2v) is 3.85. The van der Waals surface area contributed by atoms with Gasteiger partial charge in [0.25, 0.3) is 0 Å². The number of nitrogens with one attached hydrogen (secondary N) is 1. The molecule has 0 aliphatic heterocycles. The lowest BCUT2D eigenvalue weighted by Gasteiger charge is -1.99. The van der Waals surface area contributed by atoms with Gasteiger partial charge >= 0.3 is 0 Å². The minimum absolute atomic E-state index is 1.16. The molecule has 0 fully saturated rings.